The number of nitrogens with zero attached hydrogens (tertiary/aromatic N) is 3. The Labute approximate surface area is 154 Å². The normalized spacial score (nSPS) is 31.0. The van der Waals surface area contributed by atoms with Crippen LogP contribution in [-0.2, 0) is 4.79 Å². The Hall–Kier alpha value is -1.88. The summed E-state index contributed by atoms with van der Waals surface area (Å²) in [5, 5.41) is 9.87. The van der Waals surface area contributed by atoms with Gasteiger partial charge in [0.1, 0.15) is 5.65 Å². The van der Waals surface area contributed by atoms with Gasteiger partial charge in [0.05, 0.1) is 5.60 Å². The van der Waals surface area contributed by atoms with Crippen molar-refractivity contribution in [1.82, 2.24) is 14.3 Å². The van der Waals surface area contributed by atoms with Crippen molar-refractivity contribution in [2.75, 3.05) is 13.1 Å². The summed E-state index contributed by atoms with van der Waals surface area (Å²) >= 11 is 0. The smallest absolute Gasteiger partial charge is 0.225 e. The highest BCUT2D eigenvalue weighted by Gasteiger charge is 2.51. The minimum absolute atomic E-state index is 0.0533. The molecule has 0 atom stereocenters. The van der Waals surface area contributed by atoms with Gasteiger partial charge in [0.2, 0.25) is 5.91 Å². The molecule has 0 unspecified atom stereocenters. The molecule has 2 aliphatic carbocycles. The second-order valence-electron chi connectivity index (χ2n) is 9.18. The van der Waals surface area contributed by atoms with Crippen molar-refractivity contribution < 1.29 is 9.90 Å². The van der Waals surface area contributed by atoms with Crippen LogP contribution in [0.25, 0.3) is 5.65 Å². The molecule has 2 aromatic rings. The predicted molar refractivity (Wildman–Crippen MR) is 98.8 cm³/mol. The molecule has 3 aliphatic rings. The molecule has 2 saturated carbocycles. The lowest BCUT2D eigenvalue weighted by Crippen LogP contribution is -2.62. The van der Waals surface area contributed by atoms with Gasteiger partial charge in [-0.3, -0.25) is 4.79 Å². The van der Waals surface area contributed by atoms with E-state index in [9.17, 15) is 9.90 Å². The molecule has 1 N–H and O–H groups in total. The zero-order valence-electron chi connectivity index (χ0n) is 15.4. The molecule has 3 fully saturated rings. The summed E-state index contributed by atoms with van der Waals surface area (Å²) in [5.74, 6) is 0.912. The maximum atomic E-state index is 12.5. The van der Waals surface area contributed by atoms with E-state index >= 15 is 0 Å². The van der Waals surface area contributed by atoms with Crippen LogP contribution in [0.4, 0.5) is 0 Å². The fraction of sp³-hybridized carbons (Fsp3) is 0.619. The lowest BCUT2D eigenvalue weighted by Gasteiger charge is -2.55. The Morgan fingerprint density at radius 1 is 1.23 bits per heavy atom. The van der Waals surface area contributed by atoms with Crippen LogP contribution >= 0.6 is 0 Å². The van der Waals surface area contributed by atoms with E-state index in [0.29, 0.717) is 24.2 Å². The molecular weight excluding hydrogens is 326 g/mol. The second-order valence-corrected chi connectivity index (χ2v) is 9.18. The molecule has 0 radical (unpaired) electrons. The molecular formula is C21H27N3O2. The van der Waals surface area contributed by atoms with Crippen LogP contribution in [0.2, 0.25) is 0 Å². The number of likely N-dealkylation sites (tertiary alicyclic amines) is 1. The first-order valence-electron chi connectivity index (χ1n) is 9.88. The number of rotatable bonds is 2. The molecule has 2 aromatic heterocycles. The van der Waals surface area contributed by atoms with Gasteiger partial charge in [-0.05, 0) is 63.5 Å². The Morgan fingerprint density at radius 2 is 1.96 bits per heavy atom. The molecule has 1 spiro atoms. The van der Waals surface area contributed by atoms with E-state index in [1.54, 1.807) is 0 Å². The minimum atomic E-state index is -0.616. The number of pyridine rings is 1. The van der Waals surface area contributed by atoms with Crippen LogP contribution in [0.1, 0.15) is 57.1 Å². The van der Waals surface area contributed by atoms with Gasteiger partial charge in [0.15, 0.2) is 0 Å². The molecule has 5 nitrogen and oxygen atoms in total. The van der Waals surface area contributed by atoms with Crippen molar-refractivity contribution in [3.8, 4) is 0 Å². The van der Waals surface area contributed by atoms with Crippen LogP contribution in [0, 0.1) is 11.3 Å². The molecule has 26 heavy (non-hydrogen) atoms. The average Bonchev–Trinajstić information content (AvgIpc) is 3.06. The van der Waals surface area contributed by atoms with Gasteiger partial charge in [-0.2, -0.15) is 0 Å². The predicted octanol–water partition coefficient (Wildman–Crippen LogP) is 2.98. The second kappa shape index (κ2) is 5.56. The number of carbonyl (C=O) groups is 1. The summed E-state index contributed by atoms with van der Waals surface area (Å²) in [7, 11) is 0. The number of imidazole rings is 1. The van der Waals surface area contributed by atoms with Crippen molar-refractivity contribution in [3.05, 3.63) is 36.3 Å². The third-order valence-corrected chi connectivity index (χ3v) is 7.01. The van der Waals surface area contributed by atoms with Crippen LogP contribution in [-0.4, -0.2) is 44.0 Å². The Balaban J connectivity index is 1.20. The van der Waals surface area contributed by atoms with Gasteiger partial charge >= 0.3 is 0 Å². The van der Waals surface area contributed by atoms with Gasteiger partial charge in [-0.25, -0.2) is 4.98 Å². The maximum Gasteiger partial charge on any atom is 0.225 e. The fourth-order valence-corrected chi connectivity index (χ4v) is 5.50. The molecule has 1 saturated heterocycles. The van der Waals surface area contributed by atoms with Gasteiger partial charge in [0.25, 0.3) is 0 Å². The summed E-state index contributed by atoms with van der Waals surface area (Å²) in [6, 6.07) is 6.40. The van der Waals surface area contributed by atoms with E-state index in [4.69, 9.17) is 0 Å². The highest BCUT2D eigenvalue weighted by Crippen LogP contribution is 2.49. The molecule has 5 rings (SSSR count). The van der Waals surface area contributed by atoms with E-state index in [1.165, 1.54) is 31.4 Å². The van der Waals surface area contributed by atoms with Crippen LogP contribution in [0.5, 0.6) is 0 Å². The van der Waals surface area contributed by atoms with Gasteiger partial charge in [0, 0.05) is 42.5 Å². The van der Waals surface area contributed by atoms with Crippen molar-refractivity contribution in [2.24, 2.45) is 11.3 Å². The summed E-state index contributed by atoms with van der Waals surface area (Å²) in [6.45, 7) is 3.68. The van der Waals surface area contributed by atoms with Crippen molar-refractivity contribution in [1.29, 1.82) is 0 Å². The summed E-state index contributed by atoms with van der Waals surface area (Å²) in [6.07, 6.45) is 9.99. The molecule has 138 valence electrons. The SMILES string of the molecule is CC1(O)CC(C(=O)N2CC3(CCC(c4cccc5nccn45)CC3)C2)C1. The highest BCUT2D eigenvalue weighted by molar-refractivity contribution is 5.81. The highest BCUT2D eigenvalue weighted by atomic mass is 16.3. The number of aromatic nitrogens is 2. The van der Waals surface area contributed by atoms with Crippen LogP contribution in [0.15, 0.2) is 30.6 Å². The maximum absolute atomic E-state index is 12.5. The van der Waals surface area contributed by atoms with Gasteiger partial charge < -0.3 is 14.4 Å². The Morgan fingerprint density at radius 3 is 2.65 bits per heavy atom. The van der Waals surface area contributed by atoms with Gasteiger partial charge in [-0.15, -0.1) is 0 Å². The van der Waals surface area contributed by atoms with E-state index in [2.05, 4.69) is 33.8 Å². The average molecular weight is 353 g/mol. The van der Waals surface area contributed by atoms with Crippen molar-refractivity contribution in [2.45, 2.75) is 57.0 Å². The number of aliphatic hydroxyl groups is 1. The summed E-state index contributed by atoms with van der Waals surface area (Å²) in [5.41, 5.74) is 2.13. The first-order valence-corrected chi connectivity index (χ1v) is 9.88. The molecule has 0 bridgehead atoms. The lowest BCUT2D eigenvalue weighted by molar-refractivity contribution is -0.163. The summed E-state index contributed by atoms with van der Waals surface area (Å²) < 4.78 is 2.22. The monoisotopic (exact) mass is 353 g/mol. The molecule has 0 aromatic carbocycles. The number of fused-ring (bicyclic) bond motifs is 1. The van der Waals surface area contributed by atoms with Crippen LogP contribution < -0.4 is 0 Å². The number of carbonyl (C=O) groups excluding carboxylic acids is 1. The van der Waals surface area contributed by atoms with E-state index < -0.39 is 5.60 Å². The van der Waals surface area contributed by atoms with E-state index in [-0.39, 0.29) is 11.8 Å². The number of hydrogen-bond donors (Lipinski definition) is 1. The minimum Gasteiger partial charge on any atom is -0.390 e. The first-order chi connectivity index (χ1) is 12.4. The number of hydrogen-bond acceptors (Lipinski definition) is 3. The van der Waals surface area contributed by atoms with E-state index in [0.717, 1.165) is 18.7 Å². The third-order valence-electron chi connectivity index (χ3n) is 7.01. The fourth-order valence-electron chi connectivity index (χ4n) is 5.50. The zero-order chi connectivity index (χ0) is 17.9. The topological polar surface area (TPSA) is 57.8 Å². The van der Waals surface area contributed by atoms with Crippen molar-refractivity contribution >= 4 is 11.6 Å². The van der Waals surface area contributed by atoms with E-state index in [1.807, 2.05) is 18.0 Å². The molecule has 5 heteroatoms. The quantitative estimate of drug-likeness (QED) is 0.903. The third kappa shape index (κ3) is 2.56. The van der Waals surface area contributed by atoms with Gasteiger partial charge in [-0.1, -0.05) is 6.07 Å². The zero-order valence-corrected chi connectivity index (χ0v) is 15.4. The standard InChI is InChI=1S/C21H27N3O2/c1-20(26)11-16(12-20)19(25)23-13-21(14-23)7-5-15(6-8-21)17-3-2-4-18-22-9-10-24(17)18/h2-4,9-10,15-16,26H,5-8,11-14H2,1H3. The molecule has 1 amide bonds. The largest absolute Gasteiger partial charge is 0.390 e. The molecule has 3 heterocycles. The Bertz CT molecular complexity index is 832. The van der Waals surface area contributed by atoms with Crippen molar-refractivity contribution in [3.63, 3.8) is 0 Å². The Kier molecular flexibility index (Phi) is 3.48. The lowest BCUT2D eigenvalue weighted by atomic mass is 9.64. The molecule has 1 aliphatic heterocycles. The summed E-state index contributed by atoms with van der Waals surface area (Å²) in [4.78, 5) is 19.0. The first kappa shape index (κ1) is 16.3. The number of amides is 1. The van der Waals surface area contributed by atoms with Crippen LogP contribution in [0.3, 0.4) is 0 Å².